The minimum atomic E-state index is 0.310. The third-order valence-corrected chi connectivity index (χ3v) is 1.85. The van der Waals surface area contributed by atoms with Crippen molar-refractivity contribution >= 4 is 6.08 Å². The highest BCUT2D eigenvalue weighted by Gasteiger charge is 1.97. The summed E-state index contributed by atoms with van der Waals surface area (Å²) in [5.74, 6) is 0.310. The van der Waals surface area contributed by atoms with E-state index in [9.17, 15) is 5.11 Å². The molecule has 1 N–H and O–H groups in total. The van der Waals surface area contributed by atoms with Gasteiger partial charge in [-0.05, 0) is 24.1 Å². The molecule has 0 radical (unpaired) electrons. The second-order valence-corrected chi connectivity index (χ2v) is 2.85. The zero-order valence-corrected chi connectivity index (χ0v) is 7.38. The monoisotopic (exact) mass is 162 g/mol. The number of hydrogen-bond acceptors (Lipinski definition) is 1. The molecule has 0 aliphatic heterocycles. The lowest BCUT2D eigenvalue weighted by Gasteiger charge is -2.02. The molecule has 1 aromatic rings. The van der Waals surface area contributed by atoms with Crippen LogP contribution < -0.4 is 0 Å². The van der Waals surface area contributed by atoms with Crippen molar-refractivity contribution in [1.82, 2.24) is 0 Å². The fourth-order valence-corrected chi connectivity index (χ4v) is 1.21. The van der Waals surface area contributed by atoms with E-state index in [1.54, 1.807) is 12.1 Å². The molecule has 0 aromatic heterocycles. The molecule has 0 aliphatic carbocycles. The Labute approximate surface area is 73.4 Å². The fourth-order valence-electron chi connectivity index (χ4n) is 1.21. The Hall–Kier alpha value is -1.24. The molecule has 0 saturated carbocycles. The maximum absolute atomic E-state index is 9.33. The van der Waals surface area contributed by atoms with Crippen LogP contribution in [-0.2, 0) is 6.42 Å². The first-order chi connectivity index (χ1) is 5.77. The van der Waals surface area contributed by atoms with Gasteiger partial charge in [0.25, 0.3) is 0 Å². The standard InChI is InChI=1S/C11H14O/c1-3-5-9-6-7-11(12)10(4-2)8-9/h4,6-8,12H,2-3,5H2,1H3. The molecule has 1 rings (SSSR count). The molecule has 64 valence electrons. The van der Waals surface area contributed by atoms with Gasteiger partial charge in [-0.25, -0.2) is 0 Å². The van der Waals surface area contributed by atoms with Gasteiger partial charge >= 0.3 is 0 Å². The molecular weight excluding hydrogens is 148 g/mol. The van der Waals surface area contributed by atoms with Crippen LogP contribution in [0.5, 0.6) is 5.75 Å². The first-order valence-electron chi connectivity index (χ1n) is 4.22. The molecule has 0 heterocycles. The predicted molar refractivity (Wildman–Crippen MR) is 52.2 cm³/mol. The lowest BCUT2D eigenvalue weighted by atomic mass is 10.1. The summed E-state index contributed by atoms with van der Waals surface area (Å²) in [6.45, 7) is 5.77. The van der Waals surface area contributed by atoms with Crippen LogP contribution in [0.15, 0.2) is 24.8 Å². The lowest BCUT2D eigenvalue weighted by molar-refractivity contribution is 0.474. The molecule has 1 aromatic carbocycles. The van der Waals surface area contributed by atoms with Crippen molar-refractivity contribution < 1.29 is 5.11 Å². The van der Waals surface area contributed by atoms with Crippen molar-refractivity contribution in [3.8, 4) is 5.75 Å². The van der Waals surface area contributed by atoms with Crippen molar-refractivity contribution in [1.29, 1.82) is 0 Å². The van der Waals surface area contributed by atoms with Gasteiger partial charge in [-0.2, -0.15) is 0 Å². The number of phenols is 1. The first kappa shape index (κ1) is 8.85. The van der Waals surface area contributed by atoms with E-state index >= 15 is 0 Å². The smallest absolute Gasteiger partial charge is 0.122 e. The predicted octanol–water partition coefficient (Wildman–Crippen LogP) is 2.99. The third-order valence-electron chi connectivity index (χ3n) is 1.85. The Bertz CT molecular complexity index is 276. The van der Waals surface area contributed by atoms with Gasteiger partial charge in [0.2, 0.25) is 0 Å². The number of aryl methyl sites for hydroxylation is 1. The van der Waals surface area contributed by atoms with Crippen LogP contribution in [0.1, 0.15) is 24.5 Å². The minimum absolute atomic E-state index is 0.310. The maximum Gasteiger partial charge on any atom is 0.122 e. The summed E-state index contributed by atoms with van der Waals surface area (Å²) < 4.78 is 0. The van der Waals surface area contributed by atoms with E-state index in [-0.39, 0.29) is 0 Å². The number of rotatable bonds is 3. The lowest BCUT2D eigenvalue weighted by Crippen LogP contribution is -1.84. The van der Waals surface area contributed by atoms with Gasteiger partial charge < -0.3 is 5.11 Å². The van der Waals surface area contributed by atoms with Crippen LogP contribution in [-0.4, -0.2) is 5.11 Å². The topological polar surface area (TPSA) is 20.2 Å². The van der Waals surface area contributed by atoms with Gasteiger partial charge in [0.1, 0.15) is 5.75 Å². The second-order valence-electron chi connectivity index (χ2n) is 2.85. The van der Waals surface area contributed by atoms with E-state index in [1.165, 1.54) is 5.56 Å². The summed E-state index contributed by atoms with van der Waals surface area (Å²) in [4.78, 5) is 0. The van der Waals surface area contributed by atoms with Gasteiger partial charge in [0, 0.05) is 5.56 Å². The van der Waals surface area contributed by atoms with E-state index in [1.807, 2.05) is 12.1 Å². The summed E-state index contributed by atoms with van der Waals surface area (Å²) in [6.07, 6.45) is 3.86. The van der Waals surface area contributed by atoms with Crippen LogP contribution in [0.25, 0.3) is 6.08 Å². The highest BCUT2D eigenvalue weighted by molar-refractivity contribution is 5.56. The average molecular weight is 162 g/mol. The Morgan fingerprint density at radius 3 is 2.83 bits per heavy atom. The molecule has 1 nitrogen and oxygen atoms in total. The van der Waals surface area contributed by atoms with Gasteiger partial charge in [0.15, 0.2) is 0 Å². The van der Waals surface area contributed by atoms with Gasteiger partial charge in [0.05, 0.1) is 0 Å². The summed E-state index contributed by atoms with van der Waals surface area (Å²) in [5.41, 5.74) is 2.08. The largest absolute Gasteiger partial charge is 0.507 e. The fraction of sp³-hybridized carbons (Fsp3) is 0.273. The molecule has 0 fully saturated rings. The van der Waals surface area contributed by atoms with E-state index in [0.717, 1.165) is 18.4 Å². The van der Waals surface area contributed by atoms with Gasteiger partial charge in [-0.1, -0.05) is 32.1 Å². The van der Waals surface area contributed by atoms with E-state index in [2.05, 4.69) is 13.5 Å². The summed E-state index contributed by atoms with van der Waals surface area (Å²) in [6, 6.07) is 5.65. The van der Waals surface area contributed by atoms with Crippen molar-refractivity contribution in [2.45, 2.75) is 19.8 Å². The molecule has 0 unspecified atom stereocenters. The van der Waals surface area contributed by atoms with Crippen LogP contribution >= 0.6 is 0 Å². The zero-order chi connectivity index (χ0) is 8.97. The van der Waals surface area contributed by atoms with Crippen molar-refractivity contribution in [3.63, 3.8) is 0 Å². The summed E-state index contributed by atoms with van der Waals surface area (Å²) in [5, 5.41) is 9.33. The Morgan fingerprint density at radius 2 is 2.25 bits per heavy atom. The molecule has 0 aliphatic rings. The molecule has 0 spiro atoms. The average Bonchev–Trinajstić information content (AvgIpc) is 2.09. The van der Waals surface area contributed by atoms with E-state index in [4.69, 9.17) is 0 Å². The molecule has 1 heteroatoms. The number of benzene rings is 1. The first-order valence-corrected chi connectivity index (χ1v) is 4.22. The maximum atomic E-state index is 9.33. The molecule has 0 bridgehead atoms. The third kappa shape index (κ3) is 1.88. The van der Waals surface area contributed by atoms with Gasteiger partial charge in [-0.3, -0.25) is 0 Å². The Morgan fingerprint density at radius 1 is 1.50 bits per heavy atom. The van der Waals surface area contributed by atoms with Crippen LogP contribution in [0, 0.1) is 0 Å². The molecule has 0 saturated heterocycles. The molecular formula is C11H14O. The summed E-state index contributed by atoms with van der Waals surface area (Å²) >= 11 is 0. The molecule has 12 heavy (non-hydrogen) atoms. The van der Waals surface area contributed by atoms with E-state index < -0.39 is 0 Å². The SMILES string of the molecule is C=Cc1cc(CCC)ccc1O. The van der Waals surface area contributed by atoms with Crippen molar-refractivity contribution in [3.05, 3.63) is 35.9 Å². The van der Waals surface area contributed by atoms with Gasteiger partial charge in [-0.15, -0.1) is 0 Å². The van der Waals surface area contributed by atoms with E-state index in [0.29, 0.717) is 5.75 Å². The second kappa shape index (κ2) is 3.96. The number of aromatic hydroxyl groups is 1. The van der Waals surface area contributed by atoms with Crippen molar-refractivity contribution in [2.75, 3.05) is 0 Å². The number of phenolic OH excluding ortho intramolecular Hbond substituents is 1. The highest BCUT2D eigenvalue weighted by Crippen LogP contribution is 2.19. The molecule has 0 atom stereocenters. The van der Waals surface area contributed by atoms with Crippen LogP contribution in [0.4, 0.5) is 0 Å². The number of hydrogen-bond donors (Lipinski definition) is 1. The van der Waals surface area contributed by atoms with Crippen molar-refractivity contribution in [2.24, 2.45) is 0 Å². The quantitative estimate of drug-likeness (QED) is 0.724. The Kier molecular flexibility index (Phi) is 2.92. The minimum Gasteiger partial charge on any atom is -0.507 e. The normalized spacial score (nSPS) is 9.75. The zero-order valence-electron chi connectivity index (χ0n) is 7.38. The highest BCUT2D eigenvalue weighted by atomic mass is 16.3. The van der Waals surface area contributed by atoms with Crippen LogP contribution in [0.3, 0.4) is 0 Å². The molecule has 0 amide bonds. The summed E-state index contributed by atoms with van der Waals surface area (Å²) in [7, 11) is 0. The van der Waals surface area contributed by atoms with Crippen LogP contribution in [0.2, 0.25) is 0 Å². The Balaban J connectivity index is 2.96.